The van der Waals surface area contributed by atoms with Crippen LogP contribution in [-0.2, 0) is 0 Å². The van der Waals surface area contributed by atoms with E-state index in [4.69, 9.17) is 0 Å². The lowest BCUT2D eigenvalue weighted by molar-refractivity contribution is 0.246. The maximum Gasteiger partial charge on any atom is 0.00966 e. The first-order valence-electron chi connectivity index (χ1n) is 7.21. The van der Waals surface area contributed by atoms with Gasteiger partial charge in [-0.05, 0) is 63.8 Å². The largest absolute Gasteiger partial charge is 0.312 e. The minimum atomic E-state index is 0.299. The third-order valence-corrected chi connectivity index (χ3v) is 4.45. The summed E-state index contributed by atoms with van der Waals surface area (Å²) in [7, 11) is 0. The normalized spacial score (nSPS) is 39.8. The van der Waals surface area contributed by atoms with Crippen molar-refractivity contribution in [2.24, 2.45) is 23.7 Å². The van der Waals surface area contributed by atoms with Crippen LogP contribution in [0.25, 0.3) is 0 Å². The Labute approximate surface area is 101 Å². The number of hydrogen-bond donors (Lipinski definition) is 1. The Kier molecular flexibility index (Phi) is 3.63. The molecule has 0 amide bonds. The maximum atomic E-state index is 3.66. The predicted octanol–water partition coefficient (Wildman–Crippen LogP) is 3.84. The van der Waals surface area contributed by atoms with E-state index in [2.05, 4.69) is 33.0 Å². The van der Waals surface area contributed by atoms with Crippen LogP contribution >= 0.6 is 0 Å². The van der Waals surface area contributed by atoms with Crippen LogP contribution in [-0.4, -0.2) is 12.1 Å². The molecule has 2 saturated carbocycles. The van der Waals surface area contributed by atoms with E-state index < -0.39 is 0 Å². The Morgan fingerprint density at radius 2 is 1.88 bits per heavy atom. The molecule has 2 aliphatic rings. The van der Waals surface area contributed by atoms with Gasteiger partial charge in [-0.15, -0.1) is 0 Å². The van der Waals surface area contributed by atoms with E-state index in [0.29, 0.717) is 5.54 Å². The van der Waals surface area contributed by atoms with Crippen LogP contribution < -0.4 is 5.32 Å². The Morgan fingerprint density at radius 3 is 2.50 bits per heavy atom. The van der Waals surface area contributed by atoms with Crippen molar-refractivity contribution in [1.29, 1.82) is 0 Å². The number of rotatable bonds is 3. The first-order chi connectivity index (χ1) is 7.46. The Balaban J connectivity index is 1.70. The van der Waals surface area contributed by atoms with E-state index in [1.165, 1.54) is 38.6 Å². The summed E-state index contributed by atoms with van der Waals surface area (Å²) in [5.74, 6) is 4.12. The van der Waals surface area contributed by atoms with Crippen molar-refractivity contribution in [3.8, 4) is 0 Å². The highest BCUT2D eigenvalue weighted by molar-refractivity contribution is 4.95. The zero-order valence-corrected chi connectivity index (χ0v) is 11.6. The molecule has 1 heteroatoms. The second-order valence-electron chi connectivity index (χ2n) is 7.32. The van der Waals surface area contributed by atoms with Crippen LogP contribution in [0, 0.1) is 23.7 Å². The van der Waals surface area contributed by atoms with Gasteiger partial charge in [0.1, 0.15) is 0 Å². The average molecular weight is 223 g/mol. The van der Waals surface area contributed by atoms with Gasteiger partial charge in [0, 0.05) is 5.54 Å². The van der Waals surface area contributed by atoms with Crippen LogP contribution in [0.4, 0.5) is 0 Å². The molecule has 0 aromatic heterocycles. The molecule has 1 nitrogen and oxygen atoms in total. The highest BCUT2D eigenvalue weighted by Crippen LogP contribution is 2.50. The van der Waals surface area contributed by atoms with Crippen LogP contribution in [0.5, 0.6) is 0 Å². The molecule has 2 fully saturated rings. The van der Waals surface area contributed by atoms with Gasteiger partial charge in [0.25, 0.3) is 0 Å². The fourth-order valence-electron chi connectivity index (χ4n) is 3.39. The molecule has 2 rings (SSSR count). The Hall–Kier alpha value is -0.0400. The SMILES string of the molecule is CC1CCCC(C2CC2CNC(C)(C)C)C1. The molecular weight excluding hydrogens is 194 g/mol. The molecule has 0 aromatic rings. The smallest absolute Gasteiger partial charge is 0.00966 e. The van der Waals surface area contributed by atoms with Crippen LogP contribution in [0.2, 0.25) is 0 Å². The number of nitrogens with one attached hydrogen (secondary N) is 1. The van der Waals surface area contributed by atoms with Crippen LogP contribution in [0.3, 0.4) is 0 Å². The van der Waals surface area contributed by atoms with Crippen molar-refractivity contribution in [3.63, 3.8) is 0 Å². The third kappa shape index (κ3) is 3.48. The lowest BCUT2D eigenvalue weighted by atomic mass is 9.79. The van der Waals surface area contributed by atoms with Crippen LogP contribution in [0.1, 0.15) is 59.8 Å². The van der Waals surface area contributed by atoms with Gasteiger partial charge in [-0.25, -0.2) is 0 Å². The molecule has 0 heterocycles. The lowest BCUT2D eigenvalue weighted by Crippen LogP contribution is -2.37. The van der Waals surface area contributed by atoms with E-state index >= 15 is 0 Å². The lowest BCUT2D eigenvalue weighted by Gasteiger charge is -2.27. The zero-order valence-electron chi connectivity index (χ0n) is 11.6. The standard InChI is InChI=1S/C15H29N/c1-11-6-5-7-12(8-11)14-9-13(14)10-16-15(2,3)4/h11-14,16H,5-10H2,1-4H3. The van der Waals surface area contributed by atoms with E-state index in [9.17, 15) is 0 Å². The molecular formula is C15H29N. The first kappa shape index (κ1) is 12.4. The fraction of sp³-hybridized carbons (Fsp3) is 1.00. The van der Waals surface area contributed by atoms with E-state index in [1.54, 1.807) is 0 Å². The second kappa shape index (κ2) is 4.68. The summed E-state index contributed by atoms with van der Waals surface area (Å²) >= 11 is 0. The summed E-state index contributed by atoms with van der Waals surface area (Å²) in [6, 6.07) is 0. The Bertz CT molecular complexity index is 228. The molecule has 4 unspecified atom stereocenters. The molecule has 0 aromatic carbocycles. The Morgan fingerprint density at radius 1 is 1.12 bits per heavy atom. The highest BCUT2D eigenvalue weighted by Gasteiger charge is 2.43. The van der Waals surface area contributed by atoms with Crippen molar-refractivity contribution in [1.82, 2.24) is 5.32 Å². The summed E-state index contributed by atoms with van der Waals surface area (Å²) in [4.78, 5) is 0. The summed E-state index contributed by atoms with van der Waals surface area (Å²) in [5.41, 5.74) is 0.299. The summed E-state index contributed by atoms with van der Waals surface area (Å²) in [6.45, 7) is 10.5. The highest BCUT2D eigenvalue weighted by atomic mass is 15.0. The fourth-order valence-corrected chi connectivity index (χ4v) is 3.39. The molecule has 0 bridgehead atoms. The van der Waals surface area contributed by atoms with E-state index in [1.807, 2.05) is 0 Å². The van der Waals surface area contributed by atoms with Gasteiger partial charge in [0.2, 0.25) is 0 Å². The molecule has 16 heavy (non-hydrogen) atoms. The van der Waals surface area contributed by atoms with Crippen molar-refractivity contribution < 1.29 is 0 Å². The van der Waals surface area contributed by atoms with Gasteiger partial charge < -0.3 is 5.32 Å². The van der Waals surface area contributed by atoms with E-state index in [-0.39, 0.29) is 0 Å². The van der Waals surface area contributed by atoms with Crippen molar-refractivity contribution >= 4 is 0 Å². The quantitative estimate of drug-likeness (QED) is 0.766. The van der Waals surface area contributed by atoms with Gasteiger partial charge in [0.15, 0.2) is 0 Å². The minimum absolute atomic E-state index is 0.299. The van der Waals surface area contributed by atoms with Crippen molar-refractivity contribution in [3.05, 3.63) is 0 Å². The summed E-state index contributed by atoms with van der Waals surface area (Å²) in [6.07, 6.45) is 7.49. The van der Waals surface area contributed by atoms with Gasteiger partial charge in [-0.2, -0.15) is 0 Å². The second-order valence-corrected chi connectivity index (χ2v) is 7.32. The summed E-state index contributed by atoms with van der Waals surface area (Å²) < 4.78 is 0. The molecule has 4 atom stereocenters. The van der Waals surface area contributed by atoms with Crippen molar-refractivity contribution in [2.45, 2.75) is 65.3 Å². The van der Waals surface area contributed by atoms with Crippen molar-refractivity contribution in [2.75, 3.05) is 6.54 Å². The van der Waals surface area contributed by atoms with Gasteiger partial charge in [0.05, 0.1) is 0 Å². The van der Waals surface area contributed by atoms with Gasteiger partial charge in [-0.1, -0.05) is 26.2 Å². The molecule has 2 aliphatic carbocycles. The zero-order chi connectivity index (χ0) is 11.8. The molecule has 0 radical (unpaired) electrons. The molecule has 1 N–H and O–H groups in total. The van der Waals surface area contributed by atoms with E-state index in [0.717, 1.165) is 23.7 Å². The average Bonchev–Trinajstić information content (AvgIpc) is 2.93. The predicted molar refractivity (Wildman–Crippen MR) is 70.5 cm³/mol. The monoisotopic (exact) mass is 223 g/mol. The van der Waals surface area contributed by atoms with Gasteiger partial charge >= 0.3 is 0 Å². The topological polar surface area (TPSA) is 12.0 Å². The molecule has 94 valence electrons. The third-order valence-electron chi connectivity index (χ3n) is 4.45. The van der Waals surface area contributed by atoms with Gasteiger partial charge in [-0.3, -0.25) is 0 Å². The first-order valence-corrected chi connectivity index (χ1v) is 7.21. The number of hydrogen-bond acceptors (Lipinski definition) is 1. The molecule has 0 saturated heterocycles. The molecule has 0 aliphatic heterocycles. The maximum absolute atomic E-state index is 3.66. The minimum Gasteiger partial charge on any atom is -0.312 e. The summed E-state index contributed by atoms with van der Waals surface area (Å²) in [5, 5.41) is 3.66. The van der Waals surface area contributed by atoms with Crippen LogP contribution in [0.15, 0.2) is 0 Å². The molecule has 0 spiro atoms.